The van der Waals surface area contributed by atoms with Gasteiger partial charge in [0.1, 0.15) is 5.82 Å². The summed E-state index contributed by atoms with van der Waals surface area (Å²) in [6, 6.07) is 12.6. The van der Waals surface area contributed by atoms with E-state index in [0.717, 1.165) is 29.4 Å². The molecule has 0 unspecified atom stereocenters. The summed E-state index contributed by atoms with van der Waals surface area (Å²) in [4.78, 5) is 11.6. The van der Waals surface area contributed by atoms with Gasteiger partial charge in [-0.3, -0.25) is 0 Å². The van der Waals surface area contributed by atoms with Crippen molar-refractivity contribution < 1.29 is 13.9 Å². The lowest BCUT2D eigenvalue weighted by Crippen LogP contribution is -2.13. The minimum Gasteiger partial charge on any atom is -0.465 e. The molecule has 0 aliphatic heterocycles. The highest BCUT2D eigenvalue weighted by atomic mass is 19.1. The van der Waals surface area contributed by atoms with Crippen LogP contribution in [0, 0.1) is 11.7 Å². The van der Waals surface area contributed by atoms with Crippen LogP contribution in [-0.2, 0) is 17.7 Å². The monoisotopic (exact) mass is 379 g/mol. The number of carbonyl (C=O) groups excluding carboxylic acids is 1. The van der Waals surface area contributed by atoms with E-state index in [4.69, 9.17) is 4.74 Å². The topological polar surface area (TPSA) is 31.2 Å². The first-order valence-corrected chi connectivity index (χ1v) is 10.1. The Morgan fingerprint density at radius 1 is 1.11 bits per heavy atom. The van der Waals surface area contributed by atoms with Crippen molar-refractivity contribution in [2.75, 3.05) is 7.11 Å². The number of rotatable bonds is 5. The molecule has 4 rings (SSSR count). The molecule has 3 aromatic rings. The molecule has 146 valence electrons. The van der Waals surface area contributed by atoms with Crippen LogP contribution < -0.4 is 0 Å². The minimum atomic E-state index is -0.328. The Bertz CT molecular complexity index is 968. The molecule has 1 heterocycles. The van der Waals surface area contributed by atoms with Crippen molar-refractivity contribution in [2.24, 2.45) is 5.92 Å². The predicted octanol–water partition coefficient (Wildman–Crippen LogP) is 5.74. The lowest BCUT2D eigenvalue weighted by molar-refractivity contribution is 0.0600. The van der Waals surface area contributed by atoms with Crippen LogP contribution in [0.3, 0.4) is 0 Å². The Morgan fingerprint density at radius 3 is 2.57 bits per heavy atom. The standard InChI is InChI=1S/C24H26FNO2/c1-28-24(27)19-9-7-17(8-10-19)13-20-16-26(15-18-5-3-2-4-6-18)23-14-21(25)11-12-22(20)23/h7-12,14,16,18H,2-6,13,15H2,1H3. The molecule has 0 radical (unpaired) electrons. The van der Waals surface area contributed by atoms with E-state index in [-0.39, 0.29) is 11.8 Å². The van der Waals surface area contributed by atoms with E-state index < -0.39 is 0 Å². The number of ether oxygens (including phenoxy) is 1. The summed E-state index contributed by atoms with van der Waals surface area (Å²) in [7, 11) is 1.39. The van der Waals surface area contributed by atoms with E-state index in [2.05, 4.69) is 10.8 Å². The number of esters is 1. The Balaban J connectivity index is 1.62. The zero-order valence-electron chi connectivity index (χ0n) is 16.3. The third kappa shape index (κ3) is 3.96. The summed E-state index contributed by atoms with van der Waals surface area (Å²) in [6.45, 7) is 0.960. The lowest BCUT2D eigenvalue weighted by atomic mass is 9.89. The van der Waals surface area contributed by atoms with E-state index in [9.17, 15) is 9.18 Å². The summed E-state index contributed by atoms with van der Waals surface area (Å²) < 4.78 is 20.9. The summed E-state index contributed by atoms with van der Waals surface area (Å²) in [6.07, 6.45) is 9.41. The van der Waals surface area contributed by atoms with Gasteiger partial charge in [0.25, 0.3) is 0 Å². The molecule has 0 N–H and O–H groups in total. The first kappa shape index (κ1) is 18.7. The molecule has 2 aromatic carbocycles. The fraction of sp³-hybridized carbons (Fsp3) is 0.375. The Hall–Kier alpha value is -2.62. The predicted molar refractivity (Wildman–Crippen MR) is 109 cm³/mol. The third-order valence-corrected chi connectivity index (χ3v) is 5.88. The van der Waals surface area contributed by atoms with E-state index in [0.29, 0.717) is 11.5 Å². The van der Waals surface area contributed by atoms with Crippen LogP contribution in [0.25, 0.3) is 10.9 Å². The highest BCUT2D eigenvalue weighted by Crippen LogP contribution is 2.30. The molecule has 0 spiro atoms. The molecule has 1 aliphatic carbocycles. The Labute approximate surface area is 165 Å². The molecule has 1 fully saturated rings. The van der Waals surface area contributed by atoms with E-state index in [1.165, 1.54) is 50.8 Å². The van der Waals surface area contributed by atoms with Crippen LogP contribution in [0.15, 0.2) is 48.7 Å². The van der Waals surface area contributed by atoms with Gasteiger partial charge in [-0.25, -0.2) is 9.18 Å². The van der Waals surface area contributed by atoms with Gasteiger partial charge >= 0.3 is 5.97 Å². The van der Waals surface area contributed by atoms with Gasteiger partial charge in [-0.2, -0.15) is 0 Å². The second-order valence-corrected chi connectivity index (χ2v) is 7.84. The summed E-state index contributed by atoms with van der Waals surface area (Å²) >= 11 is 0. The van der Waals surface area contributed by atoms with Crippen LogP contribution in [0.5, 0.6) is 0 Å². The number of fused-ring (bicyclic) bond motifs is 1. The smallest absolute Gasteiger partial charge is 0.337 e. The van der Waals surface area contributed by atoms with Crippen molar-refractivity contribution in [1.29, 1.82) is 0 Å². The number of hydrogen-bond acceptors (Lipinski definition) is 2. The number of methoxy groups -OCH3 is 1. The van der Waals surface area contributed by atoms with Gasteiger partial charge in [0, 0.05) is 18.1 Å². The van der Waals surface area contributed by atoms with E-state index >= 15 is 0 Å². The van der Waals surface area contributed by atoms with Gasteiger partial charge in [-0.15, -0.1) is 0 Å². The average Bonchev–Trinajstić information content (AvgIpc) is 3.05. The zero-order chi connectivity index (χ0) is 19.5. The molecule has 3 nitrogen and oxygen atoms in total. The summed E-state index contributed by atoms with van der Waals surface area (Å²) in [5.74, 6) is 0.162. The molecular formula is C24H26FNO2. The fourth-order valence-electron chi connectivity index (χ4n) is 4.38. The van der Waals surface area contributed by atoms with E-state index in [1.807, 2.05) is 18.2 Å². The maximum Gasteiger partial charge on any atom is 0.337 e. The molecule has 1 aliphatic rings. The SMILES string of the molecule is COC(=O)c1ccc(Cc2cn(CC3CCCCC3)c3cc(F)ccc23)cc1. The lowest BCUT2D eigenvalue weighted by Gasteiger charge is -2.22. The van der Waals surface area contributed by atoms with Crippen molar-refractivity contribution >= 4 is 16.9 Å². The molecule has 28 heavy (non-hydrogen) atoms. The Kier molecular flexibility index (Phi) is 5.47. The number of halogens is 1. The van der Waals surface area contributed by atoms with Crippen LogP contribution >= 0.6 is 0 Å². The van der Waals surface area contributed by atoms with Gasteiger partial charge in [0.15, 0.2) is 0 Å². The second kappa shape index (κ2) is 8.17. The molecule has 0 bridgehead atoms. The molecule has 0 atom stereocenters. The summed E-state index contributed by atoms with van der Waals surface area (Å²) in [5.41, 5.74) is 3.84. The number of hydrogen-bond donors (Lipinski definition) is 0. The molecule has 0 amide bonds. The molecular weight excluding hydrogens is 353 g/mol. The molecule has 1 aromatic heterocycles. The normalized spacial score (nSPS) is 15.1. The third-order valence-electron chi connectivity index (χ3n) is 5.88. The number of nitrogens with zero attached hydrogens (tertiary/aromatic N) is 1. The van der Waals surface area contributed by atoms with Crippen LogP contribution in [0.4, 0.5) is 4.39 Å². The number of aromatic nitrogens is 1. The van der Waals surface area contributed by atoms with Gasteiger partial charge in [-0.1, -0.05) is 31.4 Å². The second-order valence-electron chi connectivity index (χ2n) is 7.84. The molecule has 1 saturated carbocycles. The van der Waals surface area contributed by atoms with Crippen molar-refractivity contribution in [1.82, 2.24) is 4.57 Å². The number of carbonyl (C=O) groups is 1. The van der Waals surface area contributed by atoms with Gasteiger partial charge < -0.3 is 9.30 Å². The fourth-order valence-corrected chi connectivity index (χ4v) is 4.38. The number of benzene rings is 2. The van der Waals surface area contributed by atoms with E-state index in [1.54, 1.807) is 18.2 Å². The summed E-state index contributed by atoms with van der Waals surface area (Å²) in [5, 5.41) is 1.11. The maximum absolute atomic E-state index is 13.9. The van der Waals surface area contributed by atoms with Crippen molar-refractivity contribution in [3.63, 3.8) is 0 Å². The van der Waals surface area contributed by atoms with Crippen molar-refractivity contribution in [2.45, 2.75) is 45.1 Å². The Morgan fingerprint density at radius 2 is 1.86 bits per heavy atom. The first-order chi connectivity index (χ1) is 13.6. The minimum absolute atomic E-state index is 0.190. The van der Waals surface area contributed by atoms with Crippen LogP contribution in [0.1, 0.15) is 53.6 Å². The van der Waals surface area contributed by atoms with Gasteiger partial charge in [0.05, 0.1) is 18.2 Å². The van der Waals surface area contributed by atoms with Crippen molar-refractivity contribution in [3.05, 3.63) is 71.2 Å². The highest BCUT2D eigenvalue weighted by molar-refractivity contribution is 5.89. The van der Waals surface area contributed by atoms with Gasteiger partial charge in [-0.05, 0) is 66.6 Å². The zero-order valence-corrected chi connectivity index (χ0v) is 16.3. The van der Waals surface area contributed by atoms with Crippen LogP contribution in [-0.4, -0.2) is 17.6 Å². The average molecular weight is 379 g/mol. The first-order valence-electron chi connectivity index (χ1n) is 10.1. The quantitative estimate of drug-likeness (QED) is 0.530. The molecule has 4 heteroatoms. The van der Waals surface area contributed by atoms with Crippen molar-refractivity contribution in [3.8, 4) is 0 Å². The van der Waals surface area contributed by atoms with Gasteiger partial charge in [0.2, 0.25) is 0 Å². The van der Waals surface area contributed by atoms with Crippen LogP contribution in [0.2, 0.25) is 0 Å². The maximum atomic E-state index is 13.9. The molecule has 0 saturated heterocycles. The highest BCUT2D eigenvalue weighted by Gasteiger charge is 2.17. The largest absolute Gasteiger partial charge is 0.465 e.